The molecule has 0 atom stereocenters. The molecule has 0 saturated carbocycles. The SMILES string of the molecule is Cc1nc([N+](=O)[O-])cn1CC(=O)N(Cc1ccc(F)cc1)C(C)(C)C. The lowest BCUT2D eigenvalue weighted by Crippen LogP contribution is -2.46. The molecule has 0 saturated heterocycles. The van der Waals surface area contributed by atoms with Gasteiger partial charge in [-0.2, -0.15) is 0 Å². The first-order chi connectivity index (χ1) is 11.6. The van der Waals surface area contributed by atoms with Crippen LogP contribution in [-0.2, 0) is 17.9 Å². The molecule has 0 N–H and O–H groups in total. The summed E-state index contributed by atoms with van der Waals surface area (Å²) >= 11 is 0. The van der Waals surface area contributed by atoms with Gasteiger partial charge in [0.2, 0.25) is 11.7 Å². The van der Waals surface area contributed by atoms with Crippen LogP contribution in [0.15, 0.2) is 30.5 Å². The van der Waals surface area contributed by atoms with Gasteiger partial charge in [0, 0.05) is 19.0 Å². The predicted octanol–water partition coefficient (Wildman–Crippen LogP) is 3.07. The molecule has 8 heteroatoms. The van der Waals surface area contributed by atoms with Gasteiger partial charge in [0.25, 0.3) is 0 Å². The molecule has 0 unspecified atom stereocenters. The van der Waals surface area contributed by atoms with Gasteiger partial charge in [-0.05, 0) is 48.4 Å². The summed E-state index contributed by atoms with van der Waals surface area (Å²) in [4.78, 5) is 28.5. The fourth-order valence-electron chi connectivity index (χ4n) is 2.44. The van der Waals surface area contributed by atoms with Gasteiger partial charge < -0.3 is 15.0 Å². The molecular weight excluding hydrogens is 327 g/mol. The molecule has 134 valence electrons. The monoisotopic (exact) mass is 348 g/mol. The molecular formula is C17H21FN4O3. The Morgan fingerprint density at radius 1 is 1.32 bits per heavy atom. The second-order valence-corrected chi connectivity index (χ2v) is 6.81. The summed E-state index contributed by atoms with van der Waals surface area (Å²) in [6, 6.07) is 5.97. The third kappa shape index (κ3) is 4.62. The zero-order valence-corrected chi connectivity index (χ0v) is 14.7. The van der Waals surface area contributed by atoms with E-state index < -0.39 is 10.5 Å². The van der Waals surface area contributed by atoms with Crippen molar-refractivity contribution in [2.24, 2.45) is 0 Å². The van der Waals surface area contributed by atoms with Crippen LogP contribution in [0, 0.1) is 22.9 Å². The number of aromatic nitrogens is 2. The van der Waals surface area contributed by atoms with Crippen molar-refractivity contribution in [2.45, 2.75) is 46.3 Å². The fourth-order valence-corrected chi connectivity index (χ4v) is 2.44. The van der Waals surface area contributed by atoms with Gasteiger partial charge in [0.15, 0.2) is 0 Å². The van der Waals surface area contributed by atoms with Gasteiger partial charge in [-0.1, -0.05) is 12.1 Å². The maximum atomic E-state index is 13.1. The van der Waals surface area contributed by atoms with Crippen LogP contribution >= 0.6 is 0 Å². The van der Waals surface area contributed by atoms with Crippen molar-refractivity contribution in [1.29, 1.82) is 0 Å². The van der Waals surface area contributed by atoms with Crippen molar-refractivity contribution in [3.8, 4) is 0 Å². The van der Waals surface area contributed by atoms with Crippen molar-refractivity contribution in [3.63, 3.8) is 0 Å². The molecule has 0 bridgehead atoms. The van der Waals surface area contributed by atoms with Crippen LogP contribution in [0.1, 0.15) is 32.2 Å². The van der Waals surface area contributed by atoms with E-state index in [0.717, 1.165) is 5.56 Å². The summed E-state index contributed by atoms with van der Waals surface area (Å²) in [5, 5.41) is 10.8. The number of nitrogens with zero attached hydrogens (tertiary/aromatic N) is 4. The minimum atomic E-state index is -0.589. The number of halogens is 1. The molecule has 1 heterocycles. The highest BCUT2D eigenvalue weighted by atomic mass is 19.1. The Labute approximate surface area is 145 Å². The number of amides is 1. The highest BCUT2D eigenvalue weighted by Gasteiger charge is 2.28. The number of imidazole rings is 1. The Hall–Kier alpha value is -2.77. The average Bonchev–Trinajstić information content (AvgIpc) is 2.86. The van der Waals surface area contributed by atoms with E-state index in [1.54, 1.807) is 24.0 Å². The molecule has 1 aromatic carbocycles. The van der Waals surface area contributed by atoms with Gasteiger partial charge in [0.1, 0.15) is 18.6 Å². The molecule has 0 fully saturated rings. The van der Waals surface area contributed by atoms with E-state index in [2.05, 4.69) is 4.98 Å². The summed E-state index contributed by atoms with van der Waals surface area (Å²) in [5.74, 6) is -0.423. The number of hydrogen-bond acceptors (Lipinski definition) is 4. The van der Waals surface area contributed by atoms with Crippen LogP contribution in [-0.4, -0.2) is 30.8 Å². The van der Waals surface area contributed by atoms with Crippen molar-refractivity contribution < 1.29 is 14.1 Å². The minimum absolute atomic E-state index is 0.0505. The van der Waals surface area contributed by atoms with E-state index in [1.807, 2.05) is 20.8 Å². The Kier molecular flexibility index (Phi) is 5.20. The number of nitro groups is 1. The minimum Gasteiger partial charge on any atom is -0.358 e. The number of rotatable bonds is 5. The van der Waals surface area contributed by atoms with E-state index in [9.17, 15) is 19.3 Å². The molecule has 1 aromatic heterocycles. The molecule has 0 aliphatic rings. The van der Waals surface area contributed by atoms with E-state index in [4.69, 9.17) is 0 Å². The zero-order chi connectivity index (χ0) is 18.8. The molecule has 7 nitrogen and oxygen atoms in total. The normalized spacial score (nSPS) is 11.4. The van der Waals surface area contributed by atoms with Crippen LogP contribution in [0.4, 0.5) is 10.2 Å². The van der Waals surface area contributed by atoms with Crippen molar-refractivity contribution in [3.05, 3.63) is 57.8 Å². The number of carbonyl (C=O) groups excluding carboxylic acids is 1. The number of benzene rings is 1. The van der Waals surface area contributed by atoms with Crippen molar-refractivity contribution >= 4 is 11.7 Å². The largest absolute Gasteiger partial charge is 0.381 e. The summed E-state index contributed by atoms with van der Waals surface area (Å²) in [6.45, 7) is 7.58. The second kappa shape index (κ2) is 7.00. The lowest BCUT2D eigenvalue weighted by Gasteiger charge is -2.36. The van der Waals surface area contributed by atoms with Crippen LogP contribution in [0.5, 0.6) is 0 Å². The number of hydrogen-bond donors (Lipinski definition) is 0. The summed E-state index contributed by atoms with van der Waals surface area (Å²) < 4.78 is 14.5. The molecule has 2 aromatic rings. The van der Waals surface area contributed by atoms with Gasteiger partial charge in [0.05, 0.1) is 0 Å². The topological polar surface area (TPSA) is 81.3 Å². The first-order valence-corrected chi connectivity index (χ1v) is 7.81. The lowest BCUT2D eigenvalue weighted by atomic mass is 10.0. The maximum Gasteiger partial charge on any atom is 0.381 e. The smallest absolute Gasteiger partial charge is 0.358 e. The standard InChI is InChI=1S/C17H21FN4O3/c1-12-19-15(22(24)25)10-20(12)11-16(23)21(17(2,3)4)9-13-5-7-14(18)8-6-13/h5-8,10H,9,11H2,1-4H3. The number of aryl methyl sites for hydroxylation is 1. The van der Waals surface area contributed by atoms with E-state index in [0.29, 0.717) is 12.4 Å². The van der Waals surface area contributed by atoms with E-state index in [-0.39, 0.29) is 24.1 Å². The third-order valence-corrected chi connectivity index (χ3v) is 3.82. The molecule has 25 heavy (non-hydrogen) atoms. The van der Waals surface area contributed by atoms with Crippen LogP contribution in [0.25, 0.3) is 0 Å². The van der Waals surface area contributed by atoms with Gasteiger partial charge in [-0.3, -0.25) is 9.36 Å². The first-order valence-electron chi connectivity index (χ1n) is 7.81. The Morgan fingerprint density at radius 2 is 1.92 bits per heavy atom. The van der Waals surface area contributed by atoms with E-state index in [1.165, 1.54) is 22.9 Å². The quantitative estimate of drug-likeness (QED) is 0.614. The molecule has 0 aliphatic heterocycles. The van der Waals surface area contributed by atoms with Gasteiger partial charge >= 0.3 is 5.82 Å². The molecule has 1 amide bonds. The Balaban J connectivity index is 2.21. The number of carbonyl (C=O) groups is 1. The summed E-state index contributed by atoms with van der Waals surface area (Å²) in [5.41, 5.74) is 0.337. The maximum absolute atomic E-state index is 13.1. The summed E-state index contributed by atoms with van der Waals surface area (Å²) in [6.07, 6.45) is 1.26. The lowest BCUT2D eigenvalue weighted by molar-refractivity contribution is -0.389. The molecule has 2 rings (SSSR count). The van der Waals surface area contributed by atoms with Gasteiger partial charge in [-0.25, -0.2) is 4.39 Å². The molecule has 0 radical (unpaired) electrons. The van der Waals surface area contributed by atoms with Crippen molar-refractivity contribution in [2.75, 3.05) is 0 Å². The van der Waals surface area contributed by atoms with Crippen molar-refractivity contribution in [1.82, 2.24) is 14.5 Å². The summed E-state index contributed by atoms with van der Waals surface area (Å²) in [7, 11) is 0. The Bertz CT molecular complexity index is 778. The highest BCUT2D eigenvalue weighted by molar-refractivity contribution is 5.77. The predicted molar refractivity (Wildman–Crippen MR) is 90.3 cm³/mol. The van der Waals surface area contributed by atoms with Gasteiger partial charge in [-0.15, -0.1) is 0 Å². The van der Waals surface area contributed by atoms with E-state index >= 15 is 0 Å². The fraction of sp³-hybridized carbons (Fsp3) is 0.412. The van der Waals surface area contributed by atoms with Crippen LogP contribution in [0.3, 0.4) is 0 Å². The Morgan fingerprint density at radius 3 is 2.40 bits per heavy atom. The first kappa shape index (κ1) is 18.6. The molecule has 0 aliphatic carbocycles. The van der Waals surface area contributed by atoms with Crippen LogP contribution in [0.2, 0.25) is 0 Å². The molecule has 0 spiro atoms. The third-order valence-electron chi connectivity index (χ3n) is 3.82. The zero-order valence-electron chi connectivity index (χ0n) is 14.7. The van der Waals surface area contributed by atoms with Crippen LogP contribution < -0.4 is 0 Å². The second-order valence-electron chi connectivity index (χ2n) is 6.81. The average molecular weight is 348 g/mol. The highest BCUT2D eigenvalue weighted by Crippen LogP contribution is 2.19.